The van der Waals surface area contributed by atoms with Crippen LogP contribution < -0.4 is 10.1 Å². The van der Waals surface area contributed by atoms with Gasteiger partial charge < -0.3 is 15.0 Å². The van der Waals surface area contributed by atoms with E-state index in [1.54, 1.807) is 14.2 Å². The van der Waals surface area contributed by atoms with Gasteiger partial charge in [0.1, 0.15) is 5.75 Å². The predicted molar refractivity (Wildman–Crippen MR) is 106 cm³/mol. The van der Waals surface area contributed by atoms with E-state index in [1.807, 2.05) is 56.3 Å². The number of thioether (sulfide) groups is 1. The van der Waals surface area contributed by atoms with Crippen LogP contribution in [0.2, 0.25) is 0 Å². The number of nitrogens with one attached hydrogen (secondary N) is 1. The van der Waals surface area contributed by atoms with E-state index >= 15 is 0 Å². The van der Waals surface area contributed by atoms with Crippen LogP contribution in [0.5, 0.6) is 5.75 Å². The molecule has 1 N–H and O–H groups in total. The molecule has 0 saturated heterocycles. The first-order valence-corrected chi connectivity index (χ1v) is 9.26. The van der Waals surface area contributed by atoms with Crippen LogP contribution in [0.25, 0.3) is 0 Å². The number of aryl methyl sites for hydroxylation is 2. The highest BCUT2D eigenvalue weighted by Gasteiger charge is 2.15. The normalized spacial score (nSPS) is 10.3. The molecule has 2 aromatic rings. The minimum absolute atomic E-state index is 0.0130. The molecule has 5 nitrogen and oxygen atoms in total. The molecule has 0 spiro atoms. The highest BCUT2D eigenvalue weighted by Crippen LogP contribution is 2.28. The zero-order valence-electron chi connectivity index (χ0n) is 15.5. The number of carbonyl (C=O) groups is 2. The highest BCUT2D eigenvalue weighted by atomic mass is 32.2. The van der Waals surface area contributed by atoms with Gasteiger partial charge in [-0.2, -0.15) is 0 Å². The Morgan fingerprint density at radius 1 is 1.08 bits per heavy atom. The Balaban J connectivity index is 1.89. The molecule has 0 aliphatic rings. The number of amides is 2. The van der Waals surface area contributed by atoms with Gasteiger partial charge in [-0.3, -0.25) is 9.59 Å². The number of rotatable bonds is 7. The van der Waals surface area contributed by atoms with Gasteiger partial charge in [0.2, 0.25) is 11.8 Å². The monoisotopic (exact) mass is 372 g/mol. The van der Waals surface area contributed by atoms with E-state index in [2.05, 4.69) is 5.32 Å². The second-order valence-corrected chi connectivity index (χ2v) is 7.02. The molecule has 0 radical (unpaired) electrons. The lowest BCUT2D eigenvalue weighted by Gasteiger charge is -2.18. The number of hydrogen-bond acceptors (Lipinski definition) is 4. The molecule has 2 rings (SSSR count). The molecule has 0 heterocycles. The van der Waals surface area contributed by atoms with Crippen molar-refractivity contribution in [3.63, 3.8) is 0 Å². The first-order valence-electron chi connectivity index (χ1n) is 8.28. The molecule has 0 fully saturated rings. The lowest BCUT2D eigenvalue weighted by atomic mass is 10.1. The fourth-order valence-electron chi connectivity index (χ4n) is 2.48. The molecule has 138 valence electrons. The summed E-state index contributed by atoms with van der Waals surface area (Å²) in [7, 11) is 3.24. The number of carbonyl (C=O) groups excluding carboxylic acids is 2. The molecule has 0 saturated carbocycles. The van der Waals surface area contributed by atoms with Gasteiger partial charge in [0.05, 0.1) is 19.4 Å². The zero-order valence-corrected chi connectivity index (χ0v) is 16.4. The number of hydrogen-bond donors (Lipinski definition) is 1. The van der Waals surface area contributed by atoms with Crippen molar-refractivity contribution >= 4 is 29.3 Å². The third kappa shape index (κ3) is 5.26. The van der Waals surface area contributed by atoms with E-state index in [0.29, 0.717) is 0 Å². The fraction of sp³-hybridized carbons (Fsp3) is 0.300. The lowest BCUT2D eigenvalue weighted by Crippen LogP contribution is -2.36. The van der Waals surface area contributed by atoms with Gasteiger partial charge in [0.15, 0.2) is 0 Å². The van der Waals surface area contributed by atoms with Crippen LogP contribution in [0, 0.1) is 13.8 Å². The molecule has 0 bridgehead atoms. The van der Waals surface area contributed by atoms with Gasteiger partial charge in [-0.1, -0.05) is 30.3 Å². The number of ether oxygens (including phenoxy) is 1. The molecule has 0 aliphatic heterocycles. The average Bonchev–Trinajstić information content (AvgIpc) is 2.63. The summed E-state index contributed by atoms with van der Waals surface area (Å²) in [5, 5.41) is 2.90. The van der Waals surface area contributed by atoms with Crippen molar-refractivity contribution in [3.05, 3.63) is 53.6 Å². The summed E-state index contributed by atoms with van der Waals surface area (Å²) in [4.78, 5) is 26.9. The summed E-state index contributed by atoms with van der Waals surface area (Å²) < 4.78 is 5.28. The van der Waals surface area contributed by atoms with Gasteiger partial charge in [-0.15, -0.1) is 11.8 Å². The Hall–Kier alpha value is -2.47. The Morgan fingerprint density at radius 2 is 1.73 bits per heavy atom. The number of methoxy groups -OCH3 is 1. The molecular formula is C20H24N2O3S. The standard InChI is InChI=1S/C20H24N2O3S/c1-14-8-7-9-15(2)20(14)21-18(23)12-22(3)19(24)13-26-17-11-6-5-10-16(17)25-4/h5-11H,12-13H2,1-4H3,(H,21,23). The minimum Gasteiger partial charge on any atom is -0.496 e. The molecule has 0 atom stereocenters. The summed E-state index contributed by atoms with van der Waals surface area (Å²) >= 11 is 1.40. The van der Waals surface area contributed by atoms with Crippen molar-refractivity contribution in [2.45, 2.75) is 18.7 Å². The number of anilines is 1. The number of para-hydroxylation sites is 2. The maximum Gasteiger partial charge on any atom is 0.243 e. The number of nitrogens with zero attached hydrogens (tertiary/aromatic N) is 1. The van der Waals surface area contributed by atoms with E-state index in [-0.39, 0.29) is 24.1 Å². The molecule has 2 amide bonds. The Kier molecular flexibility index (Phi) is 7.09. The number of likely N-dealkylation sites (N-methyl/N-ethyl adjacent to an activating group) is 1. The summed E-state index contributed by atoms with van der Waals surface area (Å²) in [6, 6.07) is 13.4. The molecule has 6 heteroatoms. The summed E-state index contributed by atoms with van der Waals surface area (Å²) in [6.07, 6.45) is 0. The largest absolute Gasteiger partial charge is 0.496 e. The highest BCUT2D eigenvalue weighted by molar-refractivity contribution is 8.00. The van der Waals surface area contributed by atoms with Crippen LogP contribution in [-0.4, -0.2) is 43.2 Å². The minimum atomic E-state index is -0.208. The lowest BCUT2D eigenvalue weighted by molar-refractivity contribution is -0.131. The van der Waals surface area contributed by atoms with Crippen molar-refractivity contribution in [1.82, 2.24) is 4.90 Å². The van der Waals surface area contributed by atoms with Gasteiger partial charge >= 0.3 is 0 Å². The first kappa shape index (κ1) is 19.8. The smallest absolute Gasteiger partial charge is 0.243 e. The van der Waals surface area contributed by atoms with E-state index < -0.39 is 0 Å². The van der Waals surface area contributed by atoms with Crippen molar-refractivity contribution in [2.75, 3.05) is 31.8 Å². The maximum absolute atomic E-state index is 12.3. The van der Waals surface area contributed by atoms with Gasteiger partial charge in [0, 0.05) is 17.6 Å². The van der Waals surface area contributed by atoms with Crippen molar-refractivity contribution in [3.8, 4) is 5.75 Å². The van der Waals surface area contributed by atoms with Gasteiger partial charge in [0.25, 0.3) is 0 Å². The predicted octanol–water partition coefficient (Wildman–Crippen LogP) is 3.50. The summed E-state index contributed by atoms with van der Waals surface area (Å²) in [6.45, 7) is 3.90. The molecular weight excluding hydrogens is 348 g/mol. The van der Waals surface area contributed by atoms with Crippen LogP contribution in [0.1, 0.15) is 11.1 Å². The maximum atomic E-state index is 12.3. The third-order valence-corrected chi connectivity index (χ3v) is 5.01. The topological polar surface area (TPSA) is 58.6 Å². The second-order valence-electron chi connectivity index (χ2n) is 6.00. The van der Waals surface area contributed by atoms with E-state index in [4.69, 9.17) is 4.74 Å². The Labute approximate surface area is 158 Å². The van der Waals surface area contributed by atoms with Crippen LogP contribution in [0.15, 0.2) is 47.4 Å². The van der Waals surface area contributed by atoms with Crippen molar-refractivity contribution in [1.29, 1.82) is 0 Å². The zero-order chi connectivity index (χ0) is 19.1. The van der Waals surface area contributed by atoms with E-state index in [1.165, 1.54) is 16.7 Å². The SMILES string of the molecule is COc1ccccc1SCC(=O)N(C)CC(=O)Nc1c(C)cccc1C. The molecule has 0 unspecified atom stereocenters. The van der Waals surface area contributed by atoms with Crippen LogP contribution in [0.3, 0.4) is 0 Å². The molecule has 0 aromatic heterocycles. The van der Waals surface area contributed by atoms with Crippen molar-refractivity contribution in [2.24, 2.45) is 0 Å². The van der Waals surface area contributed by atoms with Crippen LogP contribution in [0.4, 0.5) is 5.69 Å². The Morgan fingerprint density at radius 3 is 2.38 bits per heavy atom. The van der Waals surface area contributed by atoms with Crippen LogP contribution in [-0.2, 0) is 9.59 Å². The summed E-state index contributed by atoms with van der Waals surface area (Å²) in [5.41, 5.74) is 2.81. The first-order chi connectivity index (χ1) is 12.4. The third-order valence-electron chi connectivity index (χ3n) is 3.97. The van der Waals surface area contributed by atoms with Crippen molar-refractivity contribution < 1.29 is 14.3 Å². The van der Waals surface area contributed by atoms with Crippen LogP contribution >= 0.6 is 11.8 Å². The molecule has 26 heavy (non-hydrogen) atoms. The van der Waals surface area contributed by atoms with E-state index in [9.17, 15) is 9.59 Å². The Bertz CT molecular complexity index is 772. The van der Waals surface area contributed by atoms with E-state index in [0.717, 1.165) is 27.5 Å². The van der Waals surface area contributed by atoms with Gasteiger partial charge in [-0.05, 0) is 37.1 Å². The second kappa shape index (κ2) is 9.29. The quantitative estimate of drug-likeness (QED) is 0.756. The molecule has 2 aromatic carbocycles. The molecule has 0 aliphatic carbocycles. The summed E-state index contributed by atoms with van der Waals surface area (Å²) in [5.74, 6) is 0.659. The van der Waals surface area contributed by atoms with Gasteiger partial charge in [-0.25, -0.2) is 0 Å². The average molecular weight is 372 g/mol. The fourth-order valence-corrected chi connectivity index (χ4v) is 3.45. The number of benzene rings is 2.